The van der Waals surface area contributed by atoms with Gasteiger partial charge in [0.05, 0.1) is 6.54 Å². The highest BCUT2D eigenvalue weighted by atomic mass is 16.2. The molecule has 0 radical (unpaired) electrons. The molecule has 0 aromatic heterocycles. The van der Waals surface area contributed by atoms with Crippen molar-refractivity contribution in [1.29, 1.82) is 0 Å². The zero-order chi connectivity index (χ0) is 16.8. The van der Waals surface area contributed by atoms with E-state index in [-0.39, 0.29) is 6.03 Å². The first-order valence-electron chi connectivity index (χ1n) is 8.96. The Morgan fingerprint density at radius 1 is 1.04 bits per heavy atom. The maximum atomic E-state index is 13.3. The Bertz CT molecular complexity index is 641. The summed E-state index contributed by atoms with van der Waals surface area (Å²) in [6.07, 6.45) is 4.48. The van der Waals surface area contributed by atoms with E-state index < -0.39 is 0 Å². The quantitative estimate of drug-likeness (QED) is 0.770. The molecule has 1 fully saturated rings. The van der Waals surface area contributed by atoms with E-state index in [0.29, 0.717) is 12.6 Å². The minimum absolute atomic E-state index is 0.136. The average Bonchev–Trinajstić information content (AvgIpc) is 2.67. The number of para-hydroxylation sites is 1. The van der Waals surface area contributed by atoms with Gasteiger partial charge in [0.15, 0.2) is 0 Å². The number of rotatable bonds is 4. The van der Waals surface area contributed by atoms with Crippen LogP contribution in [0.25, 0.3) is 0 Å². The SMILES string of the molecule is CCC1CCCCN1C(=O)N(Cc1ccccc1)c1ccccc1. The van der Waals surface area contributed by atoms with Crippen LogP contribution in [0.5, 0.6) is 0 Å². The molecular formula is C21H26N2O. The van der Waals surface area contributed by atoms with Gasteiger partial charge >= 0.3 is 6.03 Å². The van der Waals surface area contributed by atoms with Gasteiger partial charge in [-0.25, -0.2) is 4.79 Å². The maximum absolute atomic E-state index is 13.3. The van der Waals surface area contributed by atoms with Crippen molar-refractivity contribution in [2.24, 2.45) is 0 Å². The third kappa shape index (κ3) is 3.78. The summed E-state index contributed by atoms with van der Waals surface area (Å²) in [5.74, 6) is 0. The standard InChI is InChI=1S/C21H26N2O/c1-2-19-13-9-10-16-22(19)21(24)23(20-14-7-4-8-15-20)17-18-11-5-3-6-12-18/h3-8,11-12,14-15,19H,2,9-10,13,16-17H2,1H3. The lowest BCUT2D eigenvalue weighted by Gasteiger charge is -2.39. The molecule has 0 saturated carbocycles. The van der Waals surface area contributed by atoms with E-state index in [4.69, 9.17) is 0 Å². The number of benzene rings is 2. The lowest BCUT2D eigenvalue weighted by Crippen LogP contribution is -2.50. The number of likely N-dealkylation sites (tertiary alicyclic amines) is 1. The molecule has 0 N–H and O–H groups in total. The van der Waals surface area contributed by atoms with Gasteiger partial charge in [-0.3, -0.25) is 4.90 Å². The van der Waals surface area contributed by atoms with Crippen molar-refractivity contribution in [3.63, 3.8) is 0 Å². The van der Waals surface area contributed by atoms with E-state index in [2.05, 4.69) is 24.0 Å². The van der Waals surface area contributed by atoms with Crippen LogP contribution in [0.4, 0.5) is 10.5 Å². The minimum atomic E-state index is 0.136. The molecule has 2 amide bonds. The zero-order valence-electron chi connectivity index (χ0n) is 14.4. The predicted octanol–water partition coefficient (Wildman–Crippen LogP) is 5.08. The average molecular weight is 322 g/mol. The van der Waals surface area contributed by atoms with Crippen LogP contribution in [0.2, 0.25) is 0 Å². The number of piperidine rings is 1. The Morgan fingerprint density at radius 3 is 2.38 bits per heavy atom. The Hall–Kier alpha value is -2.29. The first kappa shape index (κ1) is 16.6. The number of hydrogen-bond donors (Lipinski definition) is 0. The Kier molecular flexibility index (Phi) is 5.52. The van der Waals surface area contributed by atoms with E-state index in [1.807, 2.05) is 53.4 Å². The highest BCUT2D eigenvalue weighted by Gasteiger charge is 2.29. The van der Waals surface area contributed by atoms with E-state index in [9.17, 15) is 4.79 Å². The summed E-state index contributed by atoms with van der Waals surface area (Å²) in [7, 11) is 0. The molecule has 3 nitrogen and oxygen atoms in total. The van der Waals surface area contributed by atoms with Gasteiger partial charge in [-0.2, -0.15) is 0 Å². The third-order valence-corrected chi connectivity index (χ3v) is 4.83. The molecule has 0 aliphatic carbocycles. The third-order valence-electron chi connectivity index (χ3n) is 4.83. The molecule has 1 aliphatic rings. The molecule has 0 bridgehead atoms. The molecule has 3 heteroatoms. The summed E-state index contributed by atoms with van der Waals surface area (Å²) in [5, 5.41) is 0. The van der Waals surface area contributed by atoms with Crippen molar-refractivity contribution < 1.29 is 4.79 Å². The highest BCUT2D eigenvalue weighted by Crippen LogP contribution is 2.25. The van der Waals surface area contributed by atoms with Crippen LogP contribution >= 0.6 is 0 Å². The molecular weight excluding hydrogens is 296 g/mol. The Morgan fingerprint density at radius 2 is 1.71 bits per heavy atom. The van der Waals surface area contributed by atoms with Crippen LogP contribution in [0, 0.1) is 0 Å². The topological polar surface area (TPSA) is 23.6 Å². The van der Waals surface area contributed by atoms with E-state index >= 15 is 0 Å². The summed E-state index contributed by atoms with van der Waals surface area (Å²) >= 11 is 0. The molecule has 24 heavy (non-hydrogen) atoms. The molecule has 0 spiro atoms. The molecule has 1 heterocycles. The molecule has 1 unspecified atom stereocenters. The molecule has 2 aromatic rings. The normalized spacial score (nSPS) is 17.5. The lowest BCUT2D eigenvalue weighted by atomic mass is 10.0. The van der Waals surface area contributed by atoms with Crippen molar-refractivity contribution in [2.75, 3.05) is 11.4 Å². The monoisotopic (exact) mass is 322 g/mol. The van der Waals surface area contributed by atoms with Gasteiger partial charge in [0.1, 0.15) is 0 Å². The summed E-state index contributed by atoms with van der Waals surface area (Å²) < 4.78 is 0. The zero-order valence-corrected chi connectivity index (χ0v) is 14.4. The Balaban J connectivity index is 1.87. The van der Waals surface area contributed by atoms with Crippen LogP contribution in [-0.2, 0) is 6.54 Å². The summed E-state index contributed by atoms with van der Waals surface area (Å²) in [6.45, 7) is 3.66. The second-order valence-corrected chi connectivity index (χ2v) is 6.44. The minimum Gasteiger partial charge on any atom is -0.321 e. The van der Waals surface area contributed by atoms with Crippen LogP contribution < -0.4 is 4.90 Å². The van der Waals surface area contributed by atoms with E-state index in [1.54, 1.807) is 0 Å². The number of hydrogen-bond acceptors (Lipinski definition) is 1. The highest BCUT2D eigenvalue weighted by molar-refractivity contribution is 5.92. The largest absolute Gasteiger partial charge is 0.325 e. The molecule has 3 rings (SSSR count). The van der Waals surface area contributed by atoms with E-state index in [1.165, 1.54) is 6.42 Å². The lowest BCUT2D eigenvalue weighted by molar-refractivity contribution is 0.154. The van der Waals surface area contributed by atoms with Crippen molar-refractivity contribution in [2.45, 2.75) is 45.2 Å². The molecule has 1 aliphatic heterocycles. The summed E-state index contributed by atoms with van der Waals surface area (Å²) in [4.78, 5) is 17.3. The second kappa shape index (κ2) is 8.00. The first-order chi connectivity index (χ1) is 11.8. The fourth-order valence-electron chi connectivity index (χ4n) is 3.48. The second-order valence-electron chi connectivity index (χ2n) is 6.44. The number of anilines is 1. The van der Waals surface area contributed by atoms with Crippen LogP contribution in [-0.4, -0.2) is 23.5 Å². The van der Waals surface area contributed by atoms with Crippen molar-refractivity contribution in [3.05, 3.63) is 66.2 Å². The van der Waals surface area contributed by atoms with Gasteiger partial charge in [-0.1, -0.05) is 55.5 Å². The number of nitrogens with zero attached hydrogens (tertiary/aromatic N) is 2. The van der Waals surface area contributed by atoms with Crippen molar-refractivity contribution in [1.82, 2.24) is 4.90 Å². The van der Waals surface area contributed by atoms with Crippen molar-refractivity contribution >= 4 is 11.7 Å². The van der Waals surface area contributed by atoms with Gasteiger partial charge in [0, 0.05) is 18.3 Å². The Labute approximate surface area is 144 Å². The molecule has 1 atom stereocenters. The fourth-order valence-corrected chi connectivity index (χ4v) is 3.48. The van der Waals surface area contributed by atoms with Gasteiger partial charge in [-0.15, -0.1) is 0 Å². The van der Waals surface area contributed by atoms with E-state index in [0.717, 1.165) is 37.1 Å². The maximum Gasteiger partial charge on any atom is 0.325 e. The smallest absolute Gasteiger partial charge is 0.321 e. The number of carbonyl (C=O) groups is 1. The number of carbonyl (C=O) groups excluding carboxylic acids is 1. The van der Waals surface area contributed by atoms with Crippen LogP contribution in [0.15, 0.2) is 60.7 Å². The first-order valence-corrected chi connectivity index (χ1v) is 8.96. The van der Waals surface area contributed by atoms with Crippen LogP contribution in [0.3, 0.4) is 0 Å². The van der Waals surface area contributed by atoms with Gasteiger partial charge < -0.3 is 4.90 Å². The summed E-state index contributed by atoms with van der Waals surface area (Å²) in [6, 6.07) is 20.7. The molecule has 1 saturated heterocycles. The molecule has 2 aromatic carbocycles. The number of amides is 2. The van der Waals surface area contributed by atoms with Gasteiger partial charge in [-0.05, 0) is 43.4 Å². The fraction of sp³-hybridized carbons (Fsp3) is 0.381. The summed E-state index contributed by atoms with van der Waals surface area (Å²) in [5.41, 5.74) is 2.12. The molecule has 126 valence electrons. The number of urea groups is 1. The van der Waals surface area contributed by atoms with Gasteiger partial charge in [0.25, 0.3) is 0 Å². The van der Waals surface area contributed by atoms with Gasteiger partial charge in [0.2, 0.25) is 0 Å². The van der Waals surface area contributed by atoms with Crippen LogP contribution in [0.1, 0.15) is 38.2 Å². The van der Waals surface area contributed by atoms with Crippen molar-refractivity contribution in [3.8, 4) is 0 Å². The predicted molar refractivity (Wildman–Crippen MR) is 99.1 cm³/mol.